The van der Waals surface area contributed by atoms with Crippen LogP contribution in [-0.4, -0.2) is 40.0 Å². The summed E-state index contributed by atoms with van der Waals surface area (Å²) in [6.45, 7) is 46.4. The summed E-state index contributed by atoms with van der Waals surface area (Å²) in [5.74, 6) is -0.359. The second-order valence-corrected chi connectivity index (χ2v) is 34.0. The van der Waals surface area contributed by atoms with E-state index in [1.165, 1.54) is 0 Å². The zero-order chi connectivity index (χ0) is 32.2. The van der Waals surface area contributed by atoms with E-state index in [-0.39, 0.29) is 39.2 Å². The molecule has 0 heterocycles. The first-order valence-electron chi connectivity index (χ1n) is 15.9. The molecule has 0 rings (SSSR count). The van der Waals surface area contributed by atoms with Gasteiger partial charge in [0, 0.05) is 16.7 Å². The smallest absolute Gasteiger partial charge is 0.398 e. The number of carbonyl (C=O) groups excluding carboxylic acids is 1. The Kier molecular flexibility index (Phi) is 15.1. The maximum Gasteiger partial charge on any atom is 0.398 e. The average molecular weight is 633 g/mol. The minimum absolute atomic E-state index is 0.0503. The Hall–Kier alpha value is -0.0425. The van der Waals surface area contributed by atoms with E-state index in [0.29, 0.717) is 22.2 Å². The molecule has 0 aliphatic rings. The minimum atomic E-state index is -3.13. The number of carbonyl (C=O) groups is 1. The lowest BCUT2D eigenvalue weighted by molar-refractivity contribution is -0.132. The summed E-state index contributed by atoms with van der Waals surface area (Å²) in [6, 6.07) is 0. The van der Waals surface area contributed by atoms with Crippen molar-refractivity contribution in [3.8, 4) is 0 Å². The van der Waals surface area contributed by atoms with E-state index < -0.39 is 34.0 Å². The lowest BCUT2D eigenvalue weighted by atomic mass is 10.4. The first-order valence-corrected chi connectivity index (χ1v) is 24.0. The Bertz CT molecular complexity index is 773. The monoisotopic (exact) mass is 632 g/mol. The highest BCUT2D eigenvalue weighted by Crippen LogP contribution is 2.52. The first-order chi connectivity index (χ1) is 17.9. The molecule has 238 valence electrons. The molecule has 0 saturated heterocycles. The molecule has 0 spiro atoms. The average Bonchev–Trinajstić information content (AvgIpc) is 2.78. The van der Waals surface area contributed by atoms with Crippen LogP contribution in [0.4, 0.5) is 0 Å². The van der Waals surface area contributed by atoms with E-state index in [1.807, 2.05) is 0 Å². The summed E-state index contributed by atoms with van der Waals surface area (Å²) in [5.41, 5.74) is 2.60. The van der Waals surface area contributed by atoms with E-state index in [1.54, 1.807) is 6.92 Å². The Balaban J connectivity index is 7.61. The van der Waals surface area contributed by atoms with Crippen LogP contribution in [0, 0.1) is 0 Å². The van der Waals surface area contributed by atoms with Crippen LogP contribution in [0.1, 0.15) is 132 Å². The fourth-order valence-corrected chi connectivity index (χ4v) is 35.5. The fraction of sp³-hybridized carbons (Fsp3) is 0.903. The third-order valence-corrected chi connectivity index (χ3v) is 32.5. The third kappa shape index (κ3) is 7.91. The van der Waals surface area contributed by atoms with Crippen molar-refractivity contribution in [1.82, 2.24) is 0 Å². The van der Waals surface area contributed by atoms with Crippen molar-refractivity contribution in [2.75, 3.05) is 0 Å². The van der Waals surface area contributed by atoms with E-state index in [2.05, 4.69) is 131 Å². The second-order valence-electron chi connectivity index (χ2n) is 14.9. The van der Waals surface area contributed by atoms with E-state index in [9.17, 15) is 4.79 Å². The summed E-state index contributed by atoms with van der Waals surface area (Å²) < 4.78 is 29.7. The van der Waals surface area contributed by atoms with Crippen LogP contribution in [0.15, 0.2) is 12.2 Å². The Morgan fingerprint density at radius 3 is 0.925 bits per heavy atom. The van der Waals surface area contributed by atoms with Crippen LogP contribution in [0.5, 0.6) is 0 Å². The predicted molar refractivity (Wildman–Crippen MR) is 183 cm³/mol. The van der Waals surface area contributed by atoms with Crippen LogP contribution in [0.25, 0.3) is 0 Å². The van der Waals surface area contributed by atoms with Gasteiger partial charge in [-0.05, 0) is 45.7 Å². The molecule has 0 fully saturated rings. The predicted octanol–water partition coefficient (Wildman–Crippen LogP) is 11.1. The zero-order valence-electron chi connectivity index (χ0n) is 29.9. The summed E-state index contributed by atoms with van der Waals surface area (Å²) in [6.07, 6.45) is 0. The number of rotatable bonds is 17. The molecular formula is C31H68O5Si4. The highest BCUT2D eigenvalue weighted by molar-refractivity contribution is 6.94. The zero-order valence-corrected chi connectivity index (χ0v) is 33.9. The molecule has 0 amide bonds. The van der Waals surface area contributed by atoms with Gasteiger partial charge in [-0.3, -0.25) is 0 Å². The molecule has 9 heteroatoms. The number of hydrogen-bond acceptors (Lipinski definition) is 5. The van der Waals surface area contributed by atoms with Gasteiger partial charge in [0.15, 0.2) is 8.32 Å². The van der Waals surface area contributed by atoms with Gasteiger partial charge in [-0.2, -0.15) is 0 Å². The van der Waals surface area contributed by atoms with Gasteiger partial charge in [-0.1, -0.05) is 131 Å². The normalized spacial score (nSPS) is 14.4. The highest BCUT2D eigenvalue weighted by atomic mass is 28.5. The lowest BCUT2D eigenvalue weighted by Crippen LogP contribution is -2.69. The van der Waals surface area contributed by atoms with Gasteiger partial charge in [-0.25, -0.2) is 4.79 Å². The van der Waals surface area contributed by atoms with E-state index >= 15 is 0 Å². The topological polar surface area (TPSA) is 54.0 Å². The molecule has 0 atom stereocenters. The molecule has 5 nitrogen and oxygen atoms in total. The molecule has 0 saturated carbocycles. The molecule has 0 aromatic heterocycles. The van der Waals surface area contributed by atoms with Crippen LogP contribution in [0.2, 0.25) is 49.9 Å². The molecule has 0 N–H and O–H groups in total. The van der Waals surface area contributed by atoms with Crippen molar-refractivity contribution in [3.05, 3.63) is 12.2 Å². The van der Waals surface area contributed by atoms with Crippen molar-refractivity contribution < 1.29 is 21.6 Å². The summed E-state index contributed by atoms with van der Waals surface area (Å²) >= 11 is 0. The molecule has 40 heavy (non-hydrogen) atoms. The molecule has 0 aromatic rings. The van der Waals surface area contributed by atoms with Gasteiger partial charge in [0.1, 0.15) is 0 Å². The molecule has 0 radical (unpaired) electrons. The molecule has 0 aliphatic carbocycles. The van der Waals surface area contributed by atoms with E-state index in [4.69, 9.17) is 16.8 Å². The standard InChI is InChI=1S/C31H68O5Si4/c1-21(2)31(32)33-38(25(9)10,26(11)12)35-40(29(17)18,30(19)20)36-39(27(13)14,28(15)16)34-37(22(3)4,23(5)6)24(7)8/h22-30H,1H2,2-20H3. The summed E-state index contributed by atoms with van der Waals surface area (Å²) in [5, 5.41) is 0. The molecule has 0 aliphatic heterocycles. The van der Waals surface area contributed by atoms with E-state index in [0.717, 1.165) is 0 Å². The van der Waals surface area contributed by atoms with Gasteiger partial charge >= 0.3 is 31.7 Å². The van der Waals surface area contributed by atoms with Crippen molar-refractivity contribution in [2.24, 2.45) is 0 Å². The first kappa shape index (κ1) is 40.0. The Labute approximate surface area is 254 Å². The summed E-state index contributed by atoms with van der Waals surface area (Å²) in [4.78, 5) is 13.1. The fourth-order valence-electron chi connectivity index (χ4n) is 6.84. The molecule has 0 aromatic carbocycles. The largest absolute Gasteiger partial charge is 0.491 e. The SMILES string of the molecule is C=C(C)C(=O)O[Si](O[Si](O[Si](O[Si](C(C)C)(C(C)C)C(C)C)(C(C)C)C(C)C)(C(C)C)C(C)C)(C(C)C)C(C)C. The van der Waals surface area contributed by atoms with Gasteiger partial charge in [0.05, 0.1) is 0 Å². The molecule has 0 bridgehead atoms. The molecule has 0 unspecified atom stereocenters. The molecular weight excluding hydrogens is 565 g/mol. The van der Waals surface area contributed by atoms with Crippen molar-refractivity contribution >= 4 is 40.0 Å². The number of hydrogen-bond donors (Lipinski definition) is 0. The highest BCUT2D eigenvalue weighted by Gasteiger charge is 2.64. The second kappa shape index (κ2) is 15.1. The van der Waals surface area contributed by atoms with Crippen molar-refractivity contribution in [2.45, 2.75) is 181 Å². The van der Waals surface area contributed by atoms with Gasteiger partial charge in [0.2, 0.25) is 0 Å². The van der Waals surface area contributed by atoms with Crippen LogP contribution >= 0.6 is 0 Å². The Morgan fingerprint density at radius 1 is 0.450 bits per heavy atom. The van der Waals surface area contributed by atoms with Crippen LogP contribution in [0.3, 0.4) is 0 Å². The summed E-state index contributed by atoms with van der Waals surface area (Å²) in [7, 11) is -11.4. The lowest BCUT2D eigenvalue weighted by Gasteiger charge is -2.56. The van der Waals surface area contributed by atoms with Gasteiger partial charge in [0.25, 0.3) is 0 Å². The van der Waals surface area contributed by atoms with Gasteiger partial charge < -0.3 is 16.8 Å². The van der Waals surface area contributed by atoms with Gasteiger partial charge in [-0.15, -0.1) is 0 Å². The maximum atomic E-state index is 13.1. The van der Waals surface area contributed by atoms with Crippen molar-refractivity contribution in [3.63, 3.8) is 0 Å². The minimum Gasteiger partial charge on any atom is -0.491 e. The quantitative estimate of drug-likeness (QED) is 0.118. The van der Waals surface area contributed by atoms with Crippen LogP contribution in [-0.2, 0) is 21.6 Å². The van der Waals surface area contributed by atoms with Crippen LogP contribution < -0.4 is 0 Å². The maximum absolute atomic E-state index is 13.1. The van der Waals surface area contributed by atoms with Crippen molar-refractivity contribution in [1.29, 1.82) is 0 Å². The Morgan fingerprint density at radius 2 is 0.700 bits per heavy atom. The third-order valence-electron chi connectivity index (χ3n) is 9.11.